The third-order valence-electron chi connectivity index (χ3n) is 7.07. The van der Waals surface area contributed by atoms with Crippen LogP contribution in [-0.4, -0.2) is 53.2 Å². The summed E-state index contributed by atoms with van der Waals surface area (Å²) < 4.78 is 10.9. The zero-order valence-electron chi connectivity index (χ0n) is 25.7. The molecule has 4 rings (SSSR count). The molecule has 0 aromatic heterocycles. The number of aliphatic hydroxyl groups excluding tert-OH is 1. The topological polar surface area (TPSA) is 105 Å². The van der Waals surface area contributed by atoms with Crippen molar-refractivity contribution in [1.82, 2.24) is 10.2 Å². The van der Waals surface area contributed by atoms with Gasteiger partial charge >= 0.3 is 18.0 Å². The molecule has 2 atom stereocenters. The first kappa shape index (κ1) is 33.0. The summed E-state index contributed by atoms with van der Waals surface area (Å²) in [5.74, 6) is -1.40. The standard InChI is InChI=1S/C37H40N2O6/c1-27(2)23-39(24-34(40)36(42)45-26-30-14-8-4-9-15-30)37(43)38-33(35(41)44-25-29-12-6-3-7-13-29)22-28-18-20-32(21-19-28)31-16-10-5-11-17-31/h3-21,27,33-34,40H,22-26H2,1-2H3,(H,38,43)/t33-,34+/m0/s1. The molecular weight excluding hydrogens is 568 g/mol. The van der Waals surface area contributed by atoms with Crippen LogP contribution in [0.15, 0.2) is 115 Å². The van der Waals surface area contributed by atoms with Crippen molar-refractivity contribution in [3.63, 3.8) is 0 Å². The number of nitrogens with zero attached hydrogens (tertiary/aromatic N) is 1. The minimum absolute atomic E-state index is 0.00546. The van der Waals surface area contributed by atoms with E-state index < -0.39 is 30.1 Å². The van der Waals surface area contributed by atoms with Crippen molar-refractivity contribution in [2.75, 3.05) is 13.1 Å². The predicted molar refractivity (Wildman–Crippen MR) is 173 cm³/mol. The van der Waals surface area contributed by atoms with Crippen LogP contribution < -0.4 is 5.32 Å². The van der Waals surface area contributed by atoms with Gasteiger partial charge in [-0.3, -0.25) is 0 Å². The fourth-order valence-electron chi connectivity index (χ4n) is 4.75. The quantitative estimate of drug-likeness (QED) is 0.176. The summed E-state index contributed by atoms with van der Waals surface area (Å²) in [6.45, 7) is 3.84. The van der Waals surface area contributed by atoms with Crippen molar-refractivity contribution in [2.24, 2.45) is 5.92 Å². The van der Waals surface area contributed by atoms with Crippen LogP contribution in [0.1, 0.15) is 30.5 Å². The monoisotopic (exact) mass is 608 g/mol. The van der Waals surface area contributed by atoms with Crippen LogP contribution in [0.2, 0.25) is 0 Å². The molecule has 0 saturated heterocycles. The van der Waals surface area contributed by atoms with Crippen LogP contribution in [0.4, 0.5) is 4.79 Å². The summed E-state index contributed by atoms with van der Waals surface area (Å²) in [4.78, 5) is 40.8. The molecule has 234 valence electrons. The molecule has 0 radical (unpaired) electrons. The van der Waals surface area contributed by atoms with Gasteiger partial charge in [0, 0.05) is 13.0 Å². The fraction of sp³-hybridized carbons (Fsp3) is 0.270. The second-order valence-electron chi connectivity index (χ2n) is 11.3. The number of urea groups is 1. The van der Waals surface area contributed by atoms with Crippen LogP contribution in [0, 0.1) is 5.92 Å². The summed E-state index contributed by atoms with van der Waals surface area (Å²) in [6, 6.07) is 34.6. The van der Waals surface area contributed by atoms with E-state index in [0.29, 0.717) is 0 Å². The number of rotatable bonds is 14. The van der Waals surface area contributed by atoms with Crippen LogP contribution >= 0.6 is 0 Å². The molecule has 0 unspecified atom stereocenters. The summed E-state index contributed by atoms with van der Waals surface area (Å²) in [7, 11) is 0. The van der Waals surface area contributed by atoms with Gasteiger partial charge in [0.25, 0.3) is 0 Å². The summed E-state index contributed by atoms with van der Waals surface area (Å²) >= 11 is 0. The number of carbonyl (C=O) groups is 3. The molecule has 0 bridgehead atoms. The van der Waals surface area contributed by atoms with Crippen molar-refractivity contribution in [1.29, 1.82) is 0 Å². The normalized spacial score (nSPS) is 12.2. The number of amides is 2. The number of esters is 2. The highest BCUT2D eigenvalue weighted by Gasteiger charge is 2.29. The van der Waals surface area contributed by atoms with Crippen LogP contribution in [0.25, 0.3) is 11.1 Å². The Morgan fingerprint density at radius 1 is 0.644 bits per heavy atom. The van der Waals surface area contributed by atoms with E-state index in [2.05, 4.69) is 5.32 Å². The highest BCUT2D eigenvalue weighted by atomic mass is 16.5. The average Bonchev–Trinajstić information content (AvgIpc) is 3.06. The van der Waals surface area contributed by atoms with Gasteiger partial charge in [-0.15, -0.1) is 0 Å². The average molecular weight is 609 g/mol. The summed E-state index contributed by atoms with van der Waals surface area (Å²) in [5, 5.41) is 13.5. The lowest BCUT2D eigenvalue weighted by molar-refractivity contribution is -0.155. The molecule has 4 aromatic carbocycles. The number of benzene rings is 4. The molecule has 8 heteroatoms. The van der Waals surface area contributed by atoms with E-state index in [4.69, 9.17) is 9.47 Å². The second kappa shape index (κ2) is 16.8. The largest absolute Gasteiger partial charge is 0.459 e. The third kappa shape index (κ3) is 10.6. The van der Waals surface area contributed by atoms with E-state index in [1.54, 1.807) is 0 Å². The van der Waals surface area contributed by atoms with Crippen molar-refractivity contribution in [2.45, 2.75) is 45.6 Å². The van der Waals surface area contributed by atoms with E-state index in [-0.39, 0.29) is 38.6 Å². The summed E-state index contributed by atoms with van der Waals surface area (Å²) in [5.41, 5.74) is 4.53. The van der Waals surface area contributed by atoms with Crippen molar-refractivity contribution >= 4 is 18.0 Å². The van der Waals surface area contributed by atoms with Crippen LogP contribution in [0.5, 0.6) is 0 Å². The second-order valence-corrected chi connectivity index (χ2v) is 11.3. The Kier molecular flexibility index (Phi) is 12.3. The Bertz CT molecular complexity index is 1490. The van der Waals surface area contributed by atoms with Gasteiger partial charge in [0.2, 0.25) is 0 Å². The molecule has 2 amide bonds. The maximum Gasteiger partial charge on any atom is 0.337 e. The smallest absolute Gasteiger partial charge is 0.337 e. The predicted octanol–water partition coefficient (Wildman–Crippen LogP) is 5.78. The maximum atomic E-state index is 13.6. The molecular formula is C37H40N2O6. The Labute approximate surface area is 264 Å². The maximum absolute atomic E-state index is 13.6. The molecule has 45 heavy (non-hydrogen) atoms. The zero-order valence-corrected chi connectivity index (χ0v) is 25.7. The molecule has 0 heterocycles. The van der Waals surface area contributed by atoms with Crippen LogP contribution in [-0.2, 0) is 38.7 Å². The van der Waals surface area contributed by atoms with Gasteiger partial charge in [0.15, 0.2) is 6.10 Å². The number of hydrogen-bond acceptors (Lipinski definition) is 6. The van der Waals surface area contributed by atoms with Crippen molar-refractivity contribution in [3.05, 3.63) is 132 Å². The minimum Gasteiger partial charge on any atom is -0.459 e. The molecule has 0 aliphatic carbocycles. The van der Waals surface area contributed by atoms with Gasteiger partial charge in [-0.05, 0) is 33.7 Å². The molecule has 2 N–H and O–H groups in total. The van der Waals surface area contributed by atoms with E-state index in [1.165, 1.54) is 4.90 Å². The first-order valence-corrected chi connectivity index (χ1v) is 15.1. The zero-order chi connectivity index (χ0) is 32.0. The fourth-order valence-corrected chi connectivity index (χ4v) is 4.75. The molecule has 4 aromatic rings. The van der Waals surface area contributed by atoms with Gasteiger partial charge in [-0.1, -0.05) is 129 Å². The molecule has 0 fully saturated rings. The Hall–Kier alpha value is -4.95. The molecule has 8 nitrogen and oxygen atoms in total. The highest BCUT2D eigenvalue weighted by molar-refractivity contribution is 5.84. The lowest BCUT2D eigenvalue weighted by atomic mass is 10.0. The van der Waals surface area contributed by atoms with E-state index >= 15 is 0 Å². The Morgan fingerprint density at radius 2 is 1.13 bits per heavy atom. The lowest BCUT2D eigenvalue weighted by Crippen LogP contribution is -2.52. The van der Waals surface area contributed by atoms with Gasteiger partial charge in [-0.2, -0.15) is 0 Å². The molecule has 0 aliphatic rings. The lowest BCUT2D eigenvalue weighted by Gasteiger charge is -2.28. The number of ether oxygens (including phenoxy) is 2. The third-order valence-corrected chi connectivity index (χ3v) is 7.07. The number of aliphatic hydroxyl groups is 1. The van der Waals surface area contributed by atoms with Gasteiger partial charge in [0.1, 0.15) is 19.3 Å². The van der Waals surface area contributed by atoms with Gasteiger partial charge in [0.05, 0.1) is 6.54 Å². The Morgan fingerprint density at radius 3 is 1.67 bits per heavy atom. The molecule has 0 spiro atoms. The minimum atomic E-state index is -1.56. The Balaban J connectivity index is 1.45. The van der Waals surface area contributed by atoms with Gasteiger partial charge in [-0.25, -0.2) is 14.4 Å². The number of hydrogen-bond donors (Lipinski definition) is 2. The van der Waals surface area contributed by atoms with Crippen LogP contribution in [0.3, 0.4) is 0 Å². The molecule has 0 aliphatic heterocycles. The number of carbonyl (C=O) groups excluding carboxylic acids is 3. The van der Waals surface area contributed by atoms with E-state index in [9.17, 15) is 19.5 Å². The molecule has 0 saturated carbocycles. The van der Waals surface area contributed by atoms with Gasteiger partial charge < -0.3 is 24.8 Å². The highest BCUT2D eigenvalue weighted by Crippen LogP contribution is 2.20. The first-order valence-electron chi connectivity index (χ1n) is 15.1. The van der Waals surface area contributed by atoms with E-state index in [0.717, 1.165) is 27.8 Å². The van der Waals surface area contributed by atoms with E-state index in [1.807, 2.05) is 129 Å². The first-order chi connectivity index (χ1) is 21.8. The number of nitrogens with one attached hydrogen (secondary N) is 1. The SMILES string of the molecule is CC(C)CN(C[C@@H](O)C(=O)OCc1ccccc1)C(=O)N[C@@H](Cc1ccc(-c2ccccc2)cc1)C(=O)OCc1ccccc1. The van der Waals surface area contributed by atoms with Crippen molar-refractivity contribution < 1.29 is 29.0 Å². The summed E-state index contributed by atoms with van der Waals surface area (Å²) in [6.07, 6.45) is -1.38. The van der Waals surface area contributed by atoms with Crippen molar-refractivity contribution in [3.8, 4) is 11.1 Å².